The van der Waals surface area contributed by atoms with Gasteiger partial charge in [-0.1, -0.05) is 0 Å². The molecular weight excluding hydrogens is 92.1 g/mol. The summed E-state index contributed by atoms with van der Waals surface area (Å²) in [7, 11) is 1.33. The van der Waals surface area contributed by atoms with Gasteiger partial charge >= 0.3 is 6.23 Å². The van der Waals surface area contributed by atoms with Crippen molar-refractivity contribution in [3.05, 3.63) is 11.4 Å². The van der Waals surface area contributed by atoms with Gasteiger partial charge in [0, 0.05) is 7.11 Å². The van der Waals surface area contributed by atoms with Gasteiger partial charge in [-0.3, -0.25) is 4.85 Å². The van der Waals surface area contributed by atoms with E-state index < -0.39 is 6.23 Å². The van der Waals surface area contributed by atoms with Gasteiger partial charge in [0.2, 0.25) is 0 Å². The molecule has 0 N–H and O–H groups in total. The highest BCUT2D eigenvalue weighted by molar-refractivity contribution is 4.89. The molecule has 0 aromatic carbocycles. The first-order valence-corrected chi connectivity index (χ1v) is 1.64. The first-order chi connectivity index (χ1) is 3.35. The van der Waals surface area contributed by atoms with Crippen molar-refractivity contribution in [3.63, 3.8) is 0 Å². The Morgan fingerprint density at radius 1 is 2.00 bits per heavy atom. The van der Waals surface area contributed by atoms with Crippen LogP contribution in [0.1, 0.15) is 0 Å². The number of nitriles is 1. The van der Waals surface area contributed by atoms with Crippen LogP contribution in [-0.2, 0) is 4.74 Å². The minimum Gasteiger partial charge on any atom is -0.302 e. The van der Waals surface area contributed by atoms with Crippen molar-refractivity contribution in [2.24, 2.45) is 0 Å². The molecule has 0 bridgehead atoms. The Morgan fingerprint density at radius 3 is 2.57 bits per heavy atom. The van der Waals surface area contributed by atoms with Crippen molar-refractivity contribution in [3.8, 4) is 6.07 Å². The van der Waals surface area contributed by atoms with Crippen molar-refractivity contribution >= 4 is 0 Å². The Balaban J connectivity index is 3.50. The third-order valence-corrected chi connectivity index (χ3v) is 0.451. The maximum absolute atomic E-state index is 7.94. The SMILES string of the molecule is [C-]#[N+]C(C#N)OC. The van der Waals surface area contributed by atoms with Crippen molar-refractivity contribution in [1.29, 1.82) is 5.26 Å². The number of nitrogens with zero attached hydrogens (tertiary/aromatic N) is 2. The van der Waals surface area contributed by atoms with Gasteiger partial charge in [-0.25, -0.2) is 6.57 Å². The normalized spacial score (nSPS) is 11.3. The maximum atomic E-state index is 7.94. The molecule has 0 spiro atoms. The van der Waals surface area contributed by atoms with Crippen LogP contribution in [0.5, 0.6) is 0 Å². The predicted octanol–water partition coefficient (Wildman–Crippen LogP) is 0.402. The average Bonchev–Trinajstić information content (AvgIpc) is 1.72. The van der Waals surface area contributed by atoms with Crippen molar-refractivity contribution in [2.45, 2.75) is 6.23 Å². The van der Waals surface area contributed by atoms with Gasteiger partial charge in [0.1, 0.15) is 0 Å². The highest BCUT2D eigenvalue weighted by Gasteiger charge is 2.03. The van der Waals surface area contributed by atoms with E-state index in [1.54, 1.807) is 6.07 Å². The van der Waals surface area contributed by atoms with Crippen LogP contribution in [0, 0.1) is 17.9 Å². The molecule has 3 nitrogen and oxygen atoms in total. The second kappa shape index (κ2) is 3.14. The standard InChI is InChI=1S/C4H4N2O/c1-6-4(3-5)7-2/h4H,2H3. The number of methoxy groups -OCH3 is 1. The second-order valence-corrected chi connectivity index (χ2v) is 0.846. The fourth-order valence-corrected chi connectivity index (χ4v) is 0.134. The molecule has 0 aromatic heterocycles. The minimum absolute atomic E-state index is 0.917. The van der Waals surface area contributed by atoms with Gasteiger partial charge in [0.15, 0.2) is 6.07 Å². The zero-order valence-corrected chi connectivity index (χ0v) is 3.88. The summed E-state index contributed by atoms with van der Waals surface area (Å²) in [6.07, 6.45) is -0.917. The fraction of sp³-hybridized carbons (Fsp3) is 0.500. The lowest BCUT2D eigenvalue weighted by Gasteiger charge is -1.84. The molecule has 3 heteroatoms. The van der Waals surface area contributed by atoms with Gasteiger partial charge in [-0.15, -0.1) is 0 Å². The number of hydrogen-bond acceptors (Lipinski definition) is 2. The average molecular weight is 96.1 g/mol. The van der Waals surface area contributed by atoms with E-state index in [9.17, 15) is 0 Å². The van der Waals surface area contributed by atoms with Gasteiger partial charge in [-0.2, -0.15) is 5.26 Å². The predicted molar refractivity (Wildman–Crippen MR) is 23.0 cm³/mol. The van der Waals surface area contributed by atoms with Crippen LogP contribution in [0.2, 0.25) is 0 Å². The molecular formula is C4H4N2O. The minimum atomic E-state index is -0.917. The second-order valence-electron chi connectivity index (χ2n) is 0.846. The van der Waals surface area contributed by atoms with Crippen molar-refractivity contribution in [2.75, 3.05) is 7.11 Å². The van der Waals surface area contributed by atoms with E-state index in [-0.39, 0.29) is 0 Å². The summed E-state index contributed by atoms with van der Waals surface area (Å²) >= 11 is 0. The molecule has 0 fully saturated rings. The molecule has 0 aromatic rings. The Morgan fingerprint density at radius 2 is 2.57 bits per heavy atom. The lowest BCUT2D eigenvalue weighted by Crippen LogP contribution is -1.98. The smallest absolute Gasteiger partial charge is 0.302 e. The van der Waals surface area contributed by atoms with Crippen LogP contribution in [-0.4, -0.2) is 13.3 Å². The summed E-state index contributed by atoms with van der Waals surface area (Å²) in [5, 5.41) is 7.94. The van der Waals surface area contributed by atoms with Crippen LogP contribution in [0.4, 0.5) is 0 Å². The quantitative estimate of drug-likeness (QED) is 0.443. The molecule has 1 atom stereocenters. The van der Waals surface area contributed by atoms with Crippen LogP contribution < -0.4 is 0 Å². The zero-order valence-electron chi connectivity index (χ0n) is 3.88. The third kappa shape index (κ3) is 1.75. The molecule has 0 amide bonds. The van der Waals surface area contributed by atoms with Crippen molar-refractivity contribution in [1.82, 2.24) is 0 Å². The highest BCUT2D eigenvalue weighted by Crippen LogP contribution is 1.84. The van der Waals surface area contributed by atoms with E-state index in [2.05, 4.69) is 9.58 Å². The summed E-state index contributed by atoms with van der Waals surface area (Å²) in [5.41, 5.74) is 0. The summed E-state index contributed by atoms with van der Waals surface area (Å²) in [6.45, 7) is 6.24. The zero-order chi connectivity index (χ0) is 5.70. The van der Waals surface area contributed by atoms with E-state index in [1.807, 2.05) is 0 Å². The molecule has 7 heavy (non-hydrogen) atoms. The van der Waals surface area contributed by atoms with Gasteiger partial charge in [-0.05, 0) is 0 Å². The van der Waals surface area contributed by atoms with E-state index in [0.29, 0.717) is 0 Å². The van der Waals surface area contributed by atoms with Crippen LogP contribution in [0.25, 0.3) is 4.85 Å². The monoisotopic (exact) mass is 96.0 g/mol. The molecule has 0 radical (unpaired) electrons. The summed E-state index contributed by atoms with van der Waals surface area (Å²) in [6, 6.07) is 1.62. The first-order valence-electron chi connectivity index (χ1n) is 1.64. The van der Waals surface area contributed by atoms with E-state index in [4.69, 9.17) is 11.8 Å². The molecule has 0 aliphatic heterocycles. The number of ether oxygens (including phenoxy) is 1. The largest absolute Gasteiger partial charge is 0.416 e. The Kier molecular flexibility index (Phi) is 2.67. The number of rotatable bonds is 1. The topological polar surface area (TPSA) is 37.4 Å². The third-order valence-electron chi connectivity index (χ3n) is 0.451. The molecule has 0 aliphatic carbocycles. The summed E-state index contributed by atoms with van der Waals surface area (Å²) < 4.78 is 4.33. The molecule has 0 saturated heterocycles. The fourth-order valence-electron chi connectivity index (χ4n) is 0.134. The van der Waals surface area contributed by atoms with Crippen LogP contribution in [0.3, 0.4) is 0 Å². The molecule has 0 aliphatic rings. The summed E-state index contributed by atoms with van der Waals surface area (Å²) in [4.78, 5) is 2.79. The van der Waals surface area contributed by atoms with Crippen molar-refractivity contribution < 1.29 is 4.74 Å². The Bertz CT molecular complexity index is 105. The van der Waals surface area contributed by atoms with Crippen LogP contribution in [0.15, 0.2) is 0 Å². The van der Waals surface area contributed by atoms with E-state index in [0.717, 1.165) is 0 Å². The van der Waals surface area contributed by atoms with Gasteiger partial charge in [0.25, 0.3) is 0 Å². The summed E-state index contributed by atoms with van der Waals surface area (Å²) in [5.74, 6) is 0. The maximum Gasteiger partial charge on any atom is 0.416 e. The molecule has 36 valence electrons. The van der Waals surface area contributed by atoms with E-state index >= 15 is 0 Å². The highest BCUT2D eigenvalue weighted by atomic mass is 16.5. The molecule has 0 saturated carbocycles. The molecule has 1 unspecified atom stereocenters. The Labute approximate surface area is 41.9 Å². The van der Waals surface area contributed by atoms with Crippen LogP contribution >= 0.6 is 0 Å². The first kappa shape index (κ1) is 5.94. The molecule has 0 rings (SSSR count). The van der Waals surface area contributed by atoms with Gasteiger partial charge in [0.05, 0.1) is 0 Å². The lowest BCUT2D eigenvalue weighted by molar-refractivity contribution is 0.181. The van der Waals surface area contributed by atoms with E-state index in [1.165, 1.54) is 7.11 Å². The van der Waals surface area contributed by atoms with Gasteiger partial charge < -0.3 is 4.74 Å². The number of hydrogen-bond donors (Lipinski definition) is 0. The molecule has 0 heterocycles. The lowest BCUT2D eigenvalue weighted by atomic mass is 10.7. The Hall–Kier alpha value is -1.06.